The van der Waals surface area contributed by atoms with Crippen LogP contribution in [-0.4, -0.2) is 53.7 Å². The number of hydrogen-bond donors (Lipinski definition) is 1. The van der Waals surface area contributed by atoms with Crippen LogP contribution in [0.2, 0.25) is 18.1 Å². The number of nitrogens with zero attached hydrogens (tertiary/aromatic N) is 6. The summed E-state index contributed by atoms with van der Waals surface area (Å²) in [6.45, 7) is 13.1. The molecule has 1 aliphatic heterocycles. The van der Waals surface area contributed by atoms with Gasteiger partial charge in [-0.15, -0.1) is 10.2 Å². The topological polar surface area (TPSA) is 118 Å². The minimum Gasteiger partial charge on any atom is -0.414 e. The van der Waals surface area contributed by atoms with E-state index in [0.29, 0.717) is 47.0 Å². The number of fused-ring (bicyclic) bond motifs is 1. The minimum atomic E-state index is -4.69. The van der Waals surface area contributed by atoms with Gasteiger partial charge in [0, 0.05) is 24.7 Å². The van der Waals surface area contributed by atoms with Crippen LogP contribution in [0.3, 0.4) is 0 Å². The van der Waals surface area contributed by atoms with Gasteiger partial charge in [0.05, 0.1) is 43.6 Å². The van der Waals surface area contributed by atoms with Crippen molar-refractivity contribution in [3.05, 3.63) is 76.6 Å². The van der Waals surface area contributed by atoms with Crippen molar-refractivity contribution in [1.82, 2.24) is 19.7 Å². The summed E-state index contributed by atoms with van der Waals surface area (Å²) in [4.78, 5) is 19.8. The first kappa shape index (κ1) is 35.7. The van der Waals surface area contributed by atoms with Crippen LogP contribution in [0.4, 0.5) is 24.8 Å². The highest BCUT2D eigenvalue weighted by molar-refractivity contribution is 6.74. The maximum Gasteiger partial charge on any atom is 0.416 e. The second-order valence-electron chi connectivity index (χ2n) is 13.5. The van der Waals surface area contributed by atoms with Crippen molar-refractivity contribution in [2.24, 2.45) is 7.05 Å². The molecule has 4 aromatic rings. The highest BCUT2D eigenvalue weighted by Gasteiger charge is 2.41. The van der Waals surface area contributed by atoms with Crippen molar-refractivity contribution in [3.63, 3.8) is 0 Å². The summed E-state index contributed by atoms with van der Waals surface area (Å²) in [6, 6.07) is 13.2. The molecule has 10 nitrogen and oxygen atoms in total. The third-order valence-electron chi connectivity index (χ3n) is 9.03. The van der Waals surface area contributed by atoms with Gasteiger partial charge in [0.25, 0.3) is 5.91 Å². The third kappa shape index (κ3) is 7.54. The molecule has 0 atom stereocenters. The third-order valence-corrected chi connectivity index (χ3v) is 13.6. The van der Waals surface area contributed by atoms with E-state index in [0.717, 1.165) is 6.07 Å². The fourth-order valence-electron chi connectivity index (χ4n) is 5.41. The van der Waals surface area contributed by atoms with E-state index in [1.165, 1.54) is 11.0 Å². The van der Waals surface area contributed by atoms with Crippen LogP contribution in [0.1, 0.15) is 60.3 Å². The van der Waals surface area contributed by atoms with E-state index >= 15 is 0 Å². The van der Waals surface area contributed by atoms with Gasteiger partial charge in [-0.3, -0.25) is 9.69 Å². The molecule has 0 fully saturated rings. The van der Waals surface area contributed by atoms with Crippen LogP contribution < -0.4 is 10.2 Å². The number of hydrogen-bond acceptors (Lipinski definition) is 8. The number of rotatable bonds is 11. The van der Waals surface area contributed by atoms with E-state index in [1.807, 2.05) is 6.92 Å². The van der Waals surface area contributed by atoms with Crippen molar-refractivity contribution in [2.45, 2.75) is 65.2 Å². The van der Waals surface area contributed by atoms with E-state index < -0.39 is 26.0 Å². The molecule has 0 spiro atoms. The van der Waals surface area contributed by atoms with Crippen LogP contribution in [0, 0.1) is 11.3 Å². The average Bonchev–Trinajstić information content (AvgIpc) is 3.61. The second kappa shape index (κ2) is 13.7. The number of aromatic nitrogens is 4. The minimum absolute atomic E-state index is 0.0171. The molecule has 0 saturated heterocycles. The summed E-state index contributed by atoms with van der Waals surface area (Å²) in [6.07, 6.45) is -3.15. The van der Waals surface area contributed by atoms with E-state index in [4.69, 9.17) is 9.16 Å². The lowest BCUT2D eigenvalue weighted by atomic mass is 9.97. The first-order valence-electron chi connectivity index (χ1n) is 16.0. The molecule has 5 rings (SSSR count). The lowest BCUT2D eigenvalue weighted by Crippen LogP contribution is -2.41. The Morgan fingerprint density at radius 2 is 1.80 bits per heavy atom. The molecule has 1 N–H and O–H groups in total. The molecule has 3 heterocycles. The zero-order chi connectivity index (χ0) is 35.7. The van der Waals surface area contributed by atoms with Crippen LogP contribution in [-0.2, 0) is 35.5 Å². The summed E-state index contributed by atoms with van der Waals surface area (Å²) in [5, 5.41) is 21.0. The second-order valence-corrected chi connectivity index (χ2v) is 18.3. The van der Waals surface area contributed by atoms with Crippen molar-refractivity contribution in [2.75, 3.05) is 30.0 Å². The number of amides is 1. The Balaban J connectivity index is 1.47. The number of pyridine rings is 1. The average molecular weight is 692 g/mol. The summed E-state index contributed by atoms with van der Waals surface area (Å²) < 4.78 is 56.9. The molecule has 0 bridgehead atoms. The fourth-order valence-corrected chi connectivity index (χ4v) is 6.44. The smallest absolute Gasteiger partial charge is 0.414 e. The standard InChI is InChI=1S/C35H40F3N7O3Si/c1-8-40-30-16-24(25-10-9-22(18-39)13-26(25)32-43-41-21-44(32)5)17-31(42-30)45-19-28-27(33(45)46)14-23(15-29(28)35(36,37)38)20-47-11-12-48-49(6,7)34(2,3)4/h9-10,13-17,21H,8,11-12,19-20H2,1-7H3,(H,40,42). The number of aryl methyl sites for hydroxylation is 1. The molecule has 0 saturated carbocycles. The van der Waals surface area contributed by atoms with Gasteiger partial charge < -0.3 is 19.0 Å². The molecule has 258 valence electrons. The van der Waals surface area contributed by atoms with Crippen LogP contribution >= 0.6 is 0 Å². The first-order chi connectivity index (χ1) is 23.0. The Bertz CT molecular complexity index is 1910. The highest BCUT2D eigenvalue weighted by Crippen LogP contribution is 2.41. The SMILES string of the molecule is CCNc1cc(-c2ccc(C#N)cc2-c2nncn2C)cc(N2Cc3c(cc(COCCO[Si](C)(C)C(C)(C)C)cc3C(F)(F)F)C2=O)n1. The maximum atomic E-state index is 14.4. The zero-order valence-corrected chi connectivity index (χ0v) is 29.7. The van der Waals surface area contributed by atoms with Gasteiger partial charge in [-0.1, -0.05) is 26.8 Å². The molecular weight excluding hydrogens is 652 g/mol. The highest BCUT2D eigenvalue weighted by atomic mass is 28.4. The Morgan fingerprint density at radius 1 is 1.04 bits per heavy atom. The van der Waals surface area contributed by atoms with Crippen LogP contribution in [0.25, 0.3) is 22.5 Å². The van der Waals surface area contributed by atoms with E-state index in [-0.39, 0.29) is 47.3 Å². The number of nitrogens with one attached hydrogen (secondary N) is 1. The quantitative estimate of drug-likeness (QED) is 0.126. The predicted molar refractivity (Wildman–Crippen MR) is 183 cm³/mol. The lowest BCUT2D eigenvalue weighted by molar-refractivity contribution is -0.138. The van der Waals surface area contributed by atoms with Gasteiger partial charge in [-0.25, -0.2) is 4.98 Å². The number of halogens is 3. The van der Waals surface area contributed by atoms with Gasteiger partial charge in [0.2, 0.25) is 0 Å². The number of carbonyl (C=O) groups excluding carboxylic acids is 1. The largest absolute Gasteiger partial charge is 0.416 e. The Morgan fingerprint density at radius 3 is 2.43 bits per heavy atom. The van der Waals surface area contributed by atoms with E-state index in [2.05, 4.69) is 60.4 Å². The normalized spacial score (nSPS) is 13.5. The first-order valence-corrected chi connectivity index (χ1v) is 18.9. The molecule has 2 aromatic heterocycles. The molecule has 1 amide bonds. The van der Waals surface area contributed by atoms with Gasteiger partial charge in [0.1, 0.15) is 18.0 Å². The molecule has 0 unspecified atom stereocenters. The van der Waals surface area contributed by atoms with Gasteiger partial charge in [0.15, 0.2) is 14.1 Å². The van der Waals surface area contributed by atoms with Gasteiger partial charge in [-0.05, 0) is 83.7 Å². The number of anilines is 2. The Kier molecular flexibility index (Phi) is 10.0. The summed E-state index contributed by atoms with van der Waals surface area (Å²) in [5.74, 6) is 0.522. The lowest BCUT2D eigenvalue weighted by Gasteiger charge is -2.36. The summed E-state index contributed by atoms with van der Waals surface area (Å²) in [5.41, 5.74) is 1.54. The summed E-state index contributed by atoms with van der Waals surface area (Å²) in [7, 11) is -0.221. The van der Waals surface area contributed by atoms with Crippen molar-refractivity contribution < 1.29 is 27.1 Å². The van der Waals surface area contributed by atoms with Crippen molar-refractivity contribution >= 4 is 25.9 Å². The zero-order valence-electron chi connectivity index (χ0n) is 28.7. The van der Waals surface area contributed by atoms with Gasteiger partial charge >= 0.3 is 6.18 Å². The van der Waals surface area contributed by atoms with Crippen molar-refractivity contribution in [3.8, 4) is 28.6 Å². The molecular formula is C35H40F3N7O3Si. The maximum absolute atomic E-state index is 14.4. The summed E-state index contributed by atoms with van der Waals surface area (Å²) >= 11 is 0. The van der Waals surface area contributed by atoms with Crippen molar-refractivity contribution in [1.29, 1.82) is 5.26 Å². The Hall–Kier alpha value is -4.58. The number of nitriles is 1. The molecule has 0 radical (unpaired) electrons. The monoisotopic (exact) mass is 691 g/mol. The molecule has 1 aliphatic rings. The predicted octanol–water partition coefficient (Wildman–Crippen LogP) is 7.57. The Labute approximate surface area is 285 Å². The number of carbonyl (C=O) groups is 1. The fraction of sp³-hybridized carbons (Fsp3) is 0.400. The molecule has 0 aliphatic carbocycles. The number of ether oxygens (including phenoxy) is 1. The van der Waals surface area contributed by atoms with Gasteiger partial charge in [-0.2, -0.15) is 18.4 Å². The van der Waals surface area contributed by atoms with E-state index in [9.17, 15) is 23.2 Å². The molecule has 49 heavy (non-hydrogen) atoms. The van der Waals surface area contributed by atoms with Crippen LogP contribution in [0.5, 0.6) is 0 Å². The molecule has 14 heteroatoms. The number of alkyl halides is 3. The molecule has 2 aromatic carbocycles. The van der Waals surface area contributed by atoms with Crippen LogP contribution in [0.15, 0.2) is 48.8 Å². The van der Waals surface area contributed by atoms with E-state index in [1.54, 1.807) is 48.3 Å². The number of benzene rings is 2.